The van der Waals surface area contributed by atoms with E-state index in [1.54, 1.807) is 19.1 Å². The second kappa shape index (κ2) is 6.53. The van der Waals surface area contributed by atoms with Crippen molar-refractivity contribution < 1.29 is 14.7 Å². The highest BCUT2D eigenvalue weighted by Gasteiger charge is 2.22. The predicted octanol–water partition coefficient (Wildman–Crippen LogP) is 1.91. The van der Waals surface area contributed by atoms with Crippen LogP contribution in [0.15, 0.2) is 35.2 Å². The molecule has 2 aromatic rings. The third-order valence-corrected chi connectivity index (χ3v) is 3.52. The summed E-state index contributed by atoms with van der Waals surface area (Å²) in [6, 6.07) is 4.27. The molecule has 0 bridgehead atoms. The Labute approximate surface area is 129 Å². The molecule has 110 valence electrons. The number of nitrogens with zero attached hydrogens (tertiary/aromatic N) is 1. The number of aromatic nitrogens is 2. The molecule has 0 spiro atoms. The summed E-state index contributed by atoms with van der Waals surface area (Å²) in [5.41, 5.74) is 1.87. The van der Waals surface area contributed by atoms with Crippen molar-refractivity contribution in [2.24, 2.45) is 0 Å². The summed E-state index contributed by atoms with van der Waals surface area (Å²) < 4.78 is 0.763. The summed E-state index contributed by atoms with van der Waals surface area (Å²) in [5.74, 6) is -1.51. The van der Waals surface area contributed by atoms with Gasteiger partial charge < -0.3 is 15.4 Å². The van der Waals surface area contributed by atoms with Crippen LogP contribution in [0.4, 0.5) is 0 Å². The smallest absolute Gasteiger partial charge is 0.326 e. The second-order valence-corrected chi connectivity index (χ2v) is 5.52. The number of benzene rings is 1. The zero-order valence-corrected chi connectivity index (χ0v) is 12.8. The molecular formula is C14H14BrN3O3. The van der Waals surface area contributed by atoms with Crippen LogP contribution in [-0.2, 0) is 11.2 Å². The maximum absolute atomic E-state index is 12.2. The van der Waals surface area contributed by atoms with E-state index >= 15 is 0 Å². The van der Waals surface area contributed by atoms with Crippen LogP contribution in [-0.4, -0.2) is 33.0 Å². The molecule has 0 aliphatic carbocycles. The molecule has 0 saturated heterocycles. The number of aromatic amines is 1. The van der Waals surface area contributed by atoms with E-state index in [-0.39, 0.29) is 6.42 Å². The van der Waals surface area contributed by atoms with Gasteiger partial charge in [-0.3, -0.25) is 4.79 Å². The number of rotatable bonds is 5. The first-order valence-electron chi connectivity index (χ1n) is 6.24. The van der Waals surface area contributed by atoms with E-state index < -0.39 is 17.9 Å². The molecule has 1 heterocycles. The third kappa shape index (κ3) is 3.91. The standard InChI is InChI=1S/C14H14BrN3O3/c1-8-2-3-9(15)4-11(8)13(19)18-12(14(20)21)5-10-6-16-7-17-10/h2-4,6-7,12H,5H2,1H3,(H,16,17)(H,18,19)(H,20,21)/t12-/m1/s1. The third-order valence-electron chi connectivity index (χ3n) is 3.03. The highest BCUT2D eigenvalue weighted by molar-refractivity contribution is 9.10. The first-order valence-corrected chi connectivity index (χ1v) is 7.03. The van der Waals surface area contributed by atoms with Crippen molar-refractivity contribution in [3.63, 3.8) is 0 Å². The summed E-state index contributed by atoms with van der Waals surface area (Å²) in [6.07, 6.45) is 3.15. The SMILES string of the molecule is Cc1ccc(Br)cc1C(=O)N[C@H](Cc1cnc[nH]1)C(=O)O. The van der Waals surface area contributed by atoms with Crippen molar-refractivity contribution >= 4 is 27.8 Å². The maximum Gasteiger partial charge on any atom is 0.326 e. The number of carboxylic acids is 1. The van der Waals surface area contributed by atoms with Crippen molar-refractivity contribution in [2.45, 2.75) is 19.4 Å². The molecule has 0 aliphatic heterocycles. The van der Waals surface area contributed by atoms with Gasteiger partial charge in [-0.25, -0.2) is 9.78 Å². The average Bonchev–Trinajstić information content (AvgIpc) is 2.93. The Kier molecular flexibility index (Phi) is 4.74. The zero-order valence-electron chi connectivity index (χ0n) is 11.3. The van der Waals surface area contributed by atoms with Gasteiger partial charge in [-0.15, -0.1) is 0 Å². The van der Waals surface area contributed by atoms with Crippen molar-refractivity contribution in [2.75, 3.05) is 0 Å². The molecule has 0 unspecified atom stereocenters. The number of nitrogens with one attached hydrogen (secondary N) is 2. The van der Waals surface area contributed by atoms with Gasteiger partial charge in [-0.2, -0.15) is 0 Å². The van der Waals surface area contributed by atoms with Gasteiger partial charge in [0, 0.05) is 28.3 Å². The molecule has 21 heavy (non-hydrogen) atoms. The van der Waals surface area contributed by atoms with Gasteiger partial charge in [0.05, 0.1) is 6.33 Å². The van der Waals surface area contributed by atoms with Crippen molar-refractivity contribution in [1.82, 2.24) is 15.3 Å². The molecule has 1 aromatic carbocycles. The minimum atomic E-state index is -1.09. The molecule has 0 radical (unpaired) electrons. The predicted molar refractivity (Wildman–Crippen MR) is 80.1 cm³/mol. The topological polar surface area (TPSA) is 95.1 Å². The fourth-order valence-electron chi connectivity index (χ4n) is 1.89. The molecule has 0 aliphatic rings. The van der Waals surface area contributed by atoms with E-state index in [1.807, 2.05) is 6.07 Å². The van der Waals surface area contributed by atoms with E-state index in [0.717, 1.165) is 10.0 Å². The lowest BCUT2D eigenvalue weighted by molar-refractivity contribution is -0.139. The highest BCUT2D eigenvalue weighted by atomic mass is 79.9. The Bertz CT molecular complexity index is 655. The van der Waals surface area contributed by atoms with Crippen LogP contribution in [0.25, 0.3) is 0 Å². The zero-order chi connectivity index (χ0) is 15.4. The first-order chi connectivity index (χ1) is 9.97. The largest absolute Gasteiger partial charge is 0.480 e. The lowest BCUT2D eigenvalue weighted by Gasteiger charge is -2.15. The summed E-state index contributed by atoms with van der Waals surface area (Å²) in [5, 5.41) is 11.8. The minimum Gasteiger partial charge on any atom is -0.480 e. The normalized spacial score (nSPS) is 11.9. The Morgan fingerprint density at radius 1 is 1.48 bits per heavy atom. The van der Waals surface area contributed by atoms with Crippen LogP contribution in [0, 0.1) is 6.92 Å². The Morgan fingerprint density at radius 3 is 2.86 bits per heavy atom. The molecule has 0 saturated carbocycles. The number of imidazole rings is 1. The van der Waals surface area contributed by atoms with Crippen LogP contribution in [0.5, 0.6) is 0 Å². The second-order valence-electron chi connectivity index (χ2n) is 4.60. The van der Waals surface area contributed by atoms with Gasteiger partial charge in [0.2, 0.25) is 0 Å². The Hall–Kier alpha value is -2.15. The van der Waals surface area contributed by atoms with Crippen LogP contribution in [0.2, 0.25) is 0 Å². The van der Waals surface area contributed by atoms with Crippen LogP contribution >= 0.6 is 15.9 Å². The molecule has 1 atom stereocenters. The van der Waals surface area contributed by atoms with E-state index in [4.69, 9.17) is 0 Å². The van der Waals surface area contributed by atoms with Crippen molar-refractivity contribution in [3.8, 4) is 0 Å². The molecular weight excluding hydrogens is 338 g/mol. The summed E-state index contributed by atoms with van der Waals surface area (Å²) in [6.45, 7) is 1.80. The van der Waals surface area contributed by atoms with Gasteiger partial charge in [0.1, 0.15) is 6.04 Å². The lowest BCUT2D eigenvalue weighted by atomic mass is 10.1. The number of aryl methyl sites for hydroxylation is 1. The van der Waals surface area contributed by atoms with Crippen LogP contribution in [0.1, 0.15) is 21.6 Å². The van der Waals surface area contributed by atoms with E-state index in [0.29, 0.717) is 11.3 Å². The molecule has 2 rings (SSSR count). The molecule has 3 N–H and O–H groups in total. The van der Waals surface area contributed by atoms with Gasteiger partial charge in [0.15, 0.2) is 0 Å². The number of carbonyl (C=O) groups is 2. The molecule has 1 amide bonds. The molecule has 1 aromatic heterocycles. The van der Waals surface area contributed by atoms with Gasteiger partial charge in [0.25, 0.3) is 5.91 Å². The fourth-order valence-corrected chi connectivity index (χ4v) is 2.25. The van der Waals surface area contributed by atoms with Crippen LogP contribution in [0.3, 0.4) is 0 Å². The summed E-state index contributed by atoms with van der Waals surface area (Å²) in [4.78, 5) is 30.2. The number of aliphatic carboxylic acids is 1. The highest BCUT2D eigenvalue weighted by Crippen LogP contribution is 2.16. The number of hydrogen-bond acceptors (Lipinski definition) is 3. The van der Waals surface area contributed by atoms with E-state index in [9.17, 15) is 14.7 Å². The number of carboxylic acid groups (broad SMARTS) is 1. The molecule has 0 fully saturated rings. The maximum atomic E-state index is 12.2. The van der Waals surface area contributed by atoms with Gasteiger partial charge in [-0.05, 0) is 24.6 Å². The quantitative estimate of drug-likeness (QED) is 0.766. The van der Waals surface area contributed by atoms with Gasteiger partial charge in [-0.1, -0.05) is 22.0 Å². The number of halogens is 1. The number of carbonyl (C=O) groups excluding carboxylic acids is 1. The van der Waals surface area contributed by atoms with E-state index in [2.05, 4.69) is 31.2 Å². The molecule has 7 heteroatoms. The Morgan fingerprint density at radius 2 is 2.24 bits per heavy atom. The average molecular weight is 352 g/mol. The van der Waals surface area contributed by atoms with Crippen LogP contribution < -0.4 is 5.32 Å². The Balaban J connectivity index is 2.14. The lowest BCUT2D eigenvalue weighted by Crippen LogP contribution is -2.42. The minimum absolute atomic E-state index is 0.147. The first kappa shape index (κ1) is 15.2. The monoisotopic (exact) mass is 351 g/mol. The van der Waals surface area contributed by atoms with Gasteiger partial charge >= 0.3 is 5.97 Å². The number of amides is 1. The fraction of sp³-hybridized carbons (Fsp3) is 0.214. The number of H-pyrrole nitrogens is 1. The number of hydrogen-bond donors (Lipinski definition) is 3. The summed E-state index contributed by atoms with van der Waals surface area (Å²) >= 11 is 3.30. The van der Waals surface area contributed by atoms with Crippen molar-refractivity contribution in [3.05, 3.63) is 52.0 Å². The summed E-state index contributed by atoms with van der Waals surface area (Å²) in [7, 11) is 0. The van der Waals surface area contributed by atoms with Crippen molar-refractivity contribution in [1.29, 1.82) is 0 Å². The molecule has 6 nitrogen and oxygen atoms in total. The van der Waals surface area contributed by atoms with E-state index in [1.165, 1.54) is 12.5 Å².